The van der Waals surface area contributed by atoms with Gasteiger partial charge < -0.3 is 15.2 Å². The Morgan fingerprint density at radius 2 is 1.84 bits per heavy atom. The normalized spacial score (nSPS) is 16.0. The highest BCUT2D eigenvalue weighted by Crippen LogP contribution is 2.34. The van der Waals surface area contributed by atoms with E-state index in [1.807, 2.05) is 0 Å². The molecule has 0 spiro atoms. The van der Waals surface area contributed by atoms with Crippen LogP contribution in [0.5, 0.6) is 0 Å². The number of carboxylic acids is 1. The lowest BCUT2D eigenvalue weighted by molar-refractivity contribution is -0.137. The van der Waals surface area contributed by atoms with E-state index in [1.165, 1.54) is 0 Å². The highest BCUT2D eigenvalue weighted by molar-refractivity contribution is 5.87. The van der Waals surface area contributed by atoms with E-state index in [2.05, 4.69) is 15.4 Å². The number of halogens is 3. The number of nitrogens with zero attached hydrogens (tertiary/aromatic N) is 3. The first-order chi connectivity index (χ1) is 15.3. The molecule has 0 aliphatic carbocycles. The van der Waals surface area contributed by atoms with Gasteiger partial charge in [0, 0.05) is 19.4 Å². The average Bonchev–Trinajstić information content (AvgIpc) is 3.30. The van der Waals surface area contributed by atoms with E-state index in [9.17, 15) is 18.0 Å². The van der Waals surface area contributed by atoms with E-state index in [-0.39, 0.29) is 23.3 Å². The number of ether oxygens (including phenoxy) is 1. The molecule has 1 aliphatic heterocycles. The smallest absolute Gasteiger partial charge is 0.419 e. The first-order valence-corrected chi connectivity index (χ1v) is 10.1. The first kappa shape index (κ1) is 21.8. The number of anilines is 1. The van der Waals surface area contributed by atoms with E-state index in [0.717, 1.165) is 35.5 Å². The molecule has 2 aromatic heterocycles. The molecule has 1 unspecified atom stereocenters. The lowest BCUT2D eigenvalue weighted by atomic mass is 9.86. The molecule has 32 heavy (non-hydrogen) atoms. The molecule has 10 heteroatoms. The standard InChI is InChI=1S/C22H21F3N4O3/c23-22(24,25)17-11-27-29(13-17)19-6-5-18(12-26-19)28-20(15-7-9-32-10-8-15)14-1-3-16(4-2-14)21(30)31/h1-6,11-13,15,20,28H,7-10H2,(H,30,31). The monoisotopic (exact) mass is 446 g/mol. The summed E-state index contributed by atoms with van der Waals surface area (Å²) in [7, 11) is 0. The predicted octanol–water partition coefficient (Wildman–Crippen LogP) is 4.56. The topological polar surface area (TPSA) is 89.3 Å². The molecule has 1 saturated heterocycles. The number of aromatic nitrogens is 3. The molecule has 4 rings (SSSR count). The third-order valence-corrected chi connectivity index (χ3v) is 5.47. The molecule has 0 bridgehead atoms. The molecule has 3 heterocycles. The van der Waals surface area contributed by atoms with E-state index in [1.54, 1.807) is 42.6 Å². The number of benzene rings is 1. The van der Waals surface area contributed by atoms with Crippen LogP contribution in [0.4, 0.5) is 18.9 Å². The van der Waals surface area contributed by atoms with Crippen LogP contribution in [-0.2, 0) is 10.9 Å². The second-order valence-corrected chi connectivity index (χ2v) is 7.58. The molecule has 1 aromatic carbocycles. The summed E-state index contributed by atoms with van der Waals surface area (Å²) in [5.41, 5.74) is 0.998. The lowest BCUT2D eigenvalue weighted by Gasteiger charge is -2.32. The molecule has 1 fully saturated rings. The predicted molar refractivity (Wildman–Crippen MR) is 110 cm³/mol. The van der Waals surface area contributed by atoms with Gasteiger partial charge in [-0.05, 0) is 48.6 Å². The molecule has 0 amide bonds. The van der Waals surface area contributed by atoms with Crippen molar-refractivity contribution in [1.82, 2.24) is 14.8 Å². The quantitative estimate of drug-likeness (QED) is 0.577. The molecular weight excluding hydrogens is 425 g/mol. The Labute approximate surface area is 181 Å². The van der Waals surface area contributed by atoms with E-state index < -0.39 is 17.7 Å². The van der Waals surface area contributed by atoms with Gasteiger partial charge in [0.1, 0.15) is 0 Å². The second kappa shape index (κ2) is 8.99. The number of aromatic carboxylic acids is 1. The molecular formula is C22H21F3N4O3. The molecule has 0 radical (unpaired) electrons. The highest BCUT2D eigenvalue weighted by Gasteiger charge is 2.32. The van der Waals surface area contributed by atoms with Gasteiger partial charge in [-0.25, -0.2) is 14.5 Å². The number of nitrogens with one attached hydrogen (secondary N) is 1. The van der Waals surface area contributed by atoms with E-state index >= 15 is 0 Å². The summed E-state index contributed by atoms with van der Waals surface area (Å²) in [6, 6.07) is 9.95. The Morgan fingerprint density at radius 3 is 2.41 bits per heavy atom. The first-order valence-electron chi connectivity index (χ1n) is 10.1. The van der Waals surface area contributed by atoms with Crippen molar-refractivity contribution in [3.63, 3.8) is 0 Å². The maximum atomic E-state index is 12.8. The van der Waals surface area contributed by atoms with Crippen LogP contribution in [0, 0.1) is 5.92 Å². The molecule has 1 aliphatic rings. The maximum absolute atomic E-state index is 12.8. The van der Waals surface area contributed by atoms with Crippen LogP contribution in [0.2, 0.25) is 0 Å². The van der Waals surface area contributed by atoms with Crippen molar-refractivity contribution in [3.8, 4) is 5.82 Å². The van der Waals surface area contributed by atoms with Gasteiger partial charge in [-0.3, -0.25) is 0 Å². The van der Waals surface area contributed by atoms with Crippen molar-refractivity contribution < 1.29 is 27.8 Å². The number of hydrogen-bond acceptors (Lipinski definition) is 5. The number of pyridine rings is 1. The minimum absolute atomic E-state index is 0.101. The summed E-state index contributed by atoms with van der Waals surface area (Å²) in [6.45, 7) is 1.29. The summed E-state index contributed by atoms with van der Waals surface area (Å²) in [4.78, 5) is 15.4. The van der Waals surface area contributed by atoms with Gasteiger partial charge in [-0.1, -0.05) is 12.1 Å². The van der Waals surface area contributed by atoms with Crippen LogP contribution in [-0.4, -0.2) is 39.1 Å². The Balaban J connectivity index is 1.55. The van der Waals surface area contributed by atoms with Gasteiger partial charge in [-0.2, -0.15) is 18.3 Å². The minimum Gasteiger partial charge on any atom is -0.478 e. The van der Waals surface area contributed by atoms with Crippen LogP contribution in [0.3, 0.4) is 0 Å². The summed E-state index contributed by atoms with van der Waals surface area (Å²) in [6.07, 6.45) is 0.421. The summed E-state index contributed by atoms with van der Waals surface area (Å²) >= 11 is 0. The number of hydrogen-bond donors (Lipinski definition) is 2. The SMILES string of the molecule is O=C(O)c1ccc(C(Nc2ccc(-n3cc(C(F)(F)F)cn3)nc2)C2CCOCC2)cc1. The summed E-state index contributed by atoms with van der Waals surface area (Å²) in [5, 5.41) is 16.3. The number of carboxylic acid groups (broad SMARTS) is 1. The van der Waals surface area contributed by atoms with Crippen LogP contribution < -0.4 is 5.32 Å². The zero-order chi connectivity index (χ0) is 22.7. The van der Waals surface area contributed by atoms with Crippen molar-refractivity contribution in [3.05, 3.63) is 71.7 Å². The van der Waals surface area contributed by atoms with Gasteiger partial charge in [0.2, 0.25) is 0 Å². The Kier molecular flexibility index (Phi) is 6.13. The van der Waals surface area contributed by atoms with Gasteiger partial charge >= 0.3 is 12.1 Å². The molecule has 7 nitrogen and oxygen atoms in total. The number of alkyl halides is 3. The average molecular weight is 446 g/mol. The second-order valence-electron chi connectivity index (χ2n) is 7.58. The minimum atomic E-state index is -4.47. The largest absolute Gasteiger partial charge is 0.478 e. The molecule has 1 atom stereocenters. The zero-order valence-electron chi connectivity index (χ0n) is 16.9. The Hall–Kier alpha value is -3.40. The fourth-order valence-corrected chi connectivity index (χ4v) is 3.74. The van der Waals surface area contributed by atoms with Crippen molar-refractivity contribution in [2.24, 2.45) is 5.92 Å². The van der Waals surface area contributed by atoms with Crippen LogP contribution >= 0.6 is 0 Å². The van der Waals surface area contributed by atoms with Gasteiger partial charge in [-0.15, -0.1) is 0 Å². The fourth-order valence-electron chi connectivity index (χ4n) is 3.74. The van der Waals surface area contributed by atoms with E-state index in [0.29, 0.717) is 18.9 Å². The van der Waals surface area contributed by atoms with E-state index in [4.69, 9.17) is 9.84 Å². The Bertz CT molecular complexity index is 1060. The third-order valence-electron chi connectivity index (χ3n) is 5.47. The van der Waals surface area contributed by atoms with Crippen molar-refractivity contribution in [2.75, 3.05) is 18.5 Å². The molecule has 0 saturated carbocycles. The summed E-state index contributed by atoms with van der Waals surface area (Å²) in [5.74, 6) is -0.460. The highest BCUT2D eigenvalue weighted by atomic mass is 19.4. The van der Waals surface area contributed by atoms with Crippen molar-refractivity contribution in [1.29, 1.82) is 0 Å². The number of rotatable bonds is 6. The molecule has 3 aromatic rings. The summed E-state index contributed by atoms with van der Waals surface area (Å²) < 4.78 is 45.0. The molecule has 168 valence electrons. The molecule has 2 N–H and O–H groups in total. The maximum Gasteiger partial charge on any atom is 0.419 e. The van der Waals surface area contributed by atoms with Gasteiger partial charge in [0.25, 0.3) is 0 Å². The van der Waals surface area contributed by atoms with Gasteiger partial charge in [0.15, 0.2) is 5.82 Å². The number of carbonyl (C=O) groups is 1. The zero-order valence-corrected chi connectivity index (χ0v) is 16.9. The van der Waals surface area contributed by atoms with Crippen LogP contribution in [0.1, 0.15) is 40.4 Å². The van der Waals surface area contributed by atoms with Crippen molar-refractivity contribution in [2.45, 2.75) is 25.1 Å². The van der Waals surface area contributed by atoms with Crippen molar-refractivity contribution >= 4 is 11.7 Å². The van der Waals surface area contributed by atoms with Crippen LogP contribution in [0.25, 0.3) is 5.82 Å². The van der Waals surface area contributed by atoms with Gasteiger partial charge in [0.05, 0.1) is 35.2 Å². The lowest BCUT2D eigenvalue weighted by Crippen LogP contribution is -2.27. The third kappa shape index (κ3) is 4.91. The fraction of sp³-hybridized carbons (Fsp3) is 0.318. The Morgan fingerprint density at radius 1 is 1.12 bits per heavy atom. The van der Waals surface area contributed by atoms with Crippen LogP contribution in [0.15, 0.2) is 55.0 Å².